The predicted octanol–water partition coefficient (Wildman–Crippen LogP) is 4.04. The largest absolute Gasteiger partial charge is 0.356 e. The number of fused-ring (bicyclic) bond motifs is 1. The maximum atomic E-state index is 5.07. The zero-order valence-corrected chi connectivity index (χ0v) is 14.5. The van der Waals surface area contributed by atoms with Crippen molar-refractivity contribution >= 4 is 11.7 Å². The Kier molecular flexibility index (Phi) is 3.70. The lowest BCUT2D eigenvalue weighted by molar-refractivity contribution is 0.512. The predicted molar refractivity (Wildman–Crippen MR) is 104 cm³/mol. The molecule has 1 saturated heterocycles. The van der Waals surface area contributed by atoms with Crippen LogP contribution in [-0.2, 0) is 0 Å². The van der Waals surface area contributed by atoms with Gasteiger partial charge >= 0.3 is 0 Å². The smallest absolute Gasteiger partial charge is 0.148 e. The lowest BCUT2D eigenvalue weighted by atomic mass is 10.1. The van der Waals surface area contributed by atoms with Crippen LogP contribution >= 0.6 is 0 Å². The summed E-state index contributed by atoms with van der Waals surface area (Å²) in [5, 5.41) is 3.56. The highest BCUT2D eigenvalue weighted by Gasteiger charge is 2.28. The third-order valence-corrected chi connectivity index (χ3v) is 5.10. The van der Waals surface area contributed by atoms with E-state index in [0.29, 0.717) is 0 Å². The molecule has 5 nitrogen and oxygen atoms in total. The number of nitrogens with one attached hydrogen (secondary N) is 2. The van der Waals surface area contributed by atoms with Gasteiger partial charge in [-0.05, 0) is 42.2 Å². The summed E-state index contributed by atoms with van der Waals surface area (Å²) in [4.78, 5) is 15.2. The zero-order valence-electron chi connectivity index (χ0n) is 14.5. The molecule has 5 heteroatoms. The average molecular weight is 343 g/mol. The Labute approximate surface area is 152 Å². The van der Waals surface area contributed by atoms with Gasteiger partial charge in [0.25, 0.3) is 0 Å². The lowest BCUT2D eigenvalue weighted by Gasteiger charge is -2.28. The van der Waals surface area contributed by atoms with Crippen molar-refractivity contribution < 1.29 is 0 Å². The fraction of sp³-hybridized carbons (Fsp3) is 0.238. The maximum Gasteiger partial charge on any atom is 0.148 e. The molecule has 4 heterocycles. The molecule has 1 fully saturated rings. The van der Waals surface area contributed by atoms with Crippen LogP contribution in [0, 0.1) is 0 Å². The topological polar surface area (TPSA) is 56.3 Å². The minimum Gasteiger partial charge on any atom is -0.356 e. The van der Waals surface area contributed by atoms with E-state index in [2.05, 4.69) is 50.5 Å². The summed E-state index contributed by atoms with van der Waals surface area (Å²) in [6, 6.07) is 16.7. The van der Waals surface area contributed by atoms with Gasteiger partial charge in [-0.1, -0.05) is 30.3 Å². The molecule has 1 unspecified atom stereocenters. The molecular formula is C21H21N5. The number of amidine groups is 1. The second-order valence-corrected chi connectivity index (χ2v) is 6.81. The third-order valence-electron chi connectivity index (χ3n) is 5.10. The fourth-order valence-electron chi connectivity index (χ4n) is 3.76. The monoisotopic (exact) mass is 343 g/mol. The van der Waals surface area contributed by atoms with Crippen molar-refractivity contribution in [3.63, 3.8) is 0 Å². The molecule has 26 heavy (non-hydrogen) atoms. The van der Waals surface area contributed by atoms with E-state index in [0.717, 1.165) is 41.6 Å². The van der Waals surface area contributed by atoms with E-state index in [9.17, 15) is 0 Å². The molecule has 2 aromatic heterocycles. The van der Waals surface area contributed by atoms with Crippen LogP contribution in [0.15, 0.2) is 65.9 Å². The Hall–Kier alpha value is -3.08. The van der Waals surface area contributed by atoms with Crippen LogP contribution in [0.3, 0.4) is 0 Å². The summed E-state index contributed by atoms with van der Waals surface area (Å²) in [7, 11) is 0. The number of aliphatic imine (C=N–C) groups is 1. The fourth-order valence-corrected chi connectivity index (χ4v) is 3.76. The molecule has 5 rings (SSSR count). The lowest BCUT2D eigenvalue weighted by Crippen LogP contribution is -2.33. The summed E-state index contributed by atoms with van der Waals surface area (Å²) in [6.45, 7) is 2.15. The number of likely N-dealkylation sites (tertiary alicyclic amines) is 1. The first-order valence-electron chi connectivity index (χ1n) is 9.16. The first-order chi connectivity index (χ1) is 12.9. The van der Waals surface area contributed by atoms with Crippen molar-refractivity contribution in [2.24, 2.45) is 4.99 Å². The normalized spacial score (nSPS) is 19.0. The number of pyridine rings is 1. The number of nitrogens with zero attached hydrogens (tertiary/aromatic N) is 3. The molecule has 1 atom stereocenters. The van der Waals surface area contributed by atoms with E-state index in [-0.39, 0.29) is 6.17 Å². The van der Waals surface area contributed by atoms with Gasteiger partial charge in [0.15, 0.2) is 0 Å². The van der Waals surface area contributed by atoms with E-state index < -0.39 is 0 Å². The summed E-state index contributed by atoms with van der Waals surface area (Å²) in [5.74, 6) is 2.14. The van der Waals surface area contributed by atoms with Gasteiger partial charge in [0.2, 0.25) is 0 Å². The highest BCUT2D eigenvalue weighted by atomic mass is 15.3. The molecule has 0 saturated carbocycles. The van der Waals surface area contributed by atoms with Crippen LogP contribution in [-0.4, -0.2) is 33.8 Å². The number of H-pyrrole nitrogens is 1. The molecule has 0 spiro atoms. The second kappa shape index (κ2) is 6.33. The molecule has 2 aliphatic rings. The van der Waals surface area contributed by atoms with E-state index in [1.165, 1.54) is 18.4 Å². The maximum absolute atomic E-state index is 5.07. The van der Waals surface area contributed by atoms with Crippen molar-refractivity contribution in [1.29, 1.82) is 0 Å². The number of benzene rings is 1. The van der Waals surface area contributed by atoms with E-state index in [1.807, 2.05) is 30.6 Å². The molecule has 0 radical (unpaired) electrons. The van der Waals surface area contributed by atoms with Crippen LogP contribution in [0.1, 0.15) is 30.1 Å². The number of anilines is 1. The SMILES string of the molecule is c1ccc(-c2cc3c([nH]2)NC(c2ccncc2)N=C3N2CCCC2)cc1. The van der Waals surface area contributed by atoms with Gasteiger partial charge in [-0.25, -0.2) is 4.99 Å². The first kappa shape index (κ1) is 15.2. The Bertz CT molecular complexity index is 924. The highest BCUT2D eigenvalue weighted by Crippen LogP contribution is 2.34. The van der Waals surface area contributed by atoms with Crippen LogP contribution in [0.25, 0.3) is 11.3 Å². The van der Waals surface area contributed by atoms with Crippen molar-refractivity contribution in [3.8, 4) is 11.3 Å². The molecule has 1 aromatic carbocycles. The van der Waals surface area contributed by atoms with Gasteiger partial charge in [-0.2, -0.15) is 0 Å². The number of aromatic amines is 1. The summed E-state index contributed by atoms with van der Waals surface area (Å²) >= 11 is 0. The third kappa shape index (κ3) is 2.65. The van der Waals surface area contributed by atoms with Gasteiger partial charge < -0.3 is 15.2 Å². The summed E-state index contributed by atoms with van der Waals surface area (Å²) < 4.78 is 0. The van der Waals surface area contributed by atoms with Gasteiger partial charge in [0, 0.05) is 31.2 Å². The number of rotatable bonds is 2. The number of hydrogen-bond acceptors (Lipinski definition) is 4. The molecule has 2 aliphatic heterocycles. The number of hydrogen-bond donors (Lipinski definition) is 2. The van der Waals surface area contributed by atoms with Crippen molar-refractivity contribution in [3.05, 3.63) is 72.1 Å². The Morgan fingerprint density at radius 1 is 0.962 bits per heavy atom. The minimum atomic E-state index is -0.0941. The van der Waals surface area contributed by atoms with Crippen molar-refractivity contribution in [2.45, 2.75) is 19.0 Å². The Morgan fingerprint density at radius 3 is 2.50 bits per heavy atom. The first-order valence-corrected chi connectivity index (χ1v) is 9.16. The van der Waals surface area contributed by atoms with Crippen LogP contribution in [0.5, 0.6) is 0 Å². The molecule has 2 N–H and O–H groups in total. The molecule has 130 valence electrons. The van der Waals surface area contributed by atoms with Gasteiger partial charge in [-0.15, -0.1) is 0 Å². The molecular weight excluding hydrogens is 322 g/mol. The van der Waals surface area contributed by atoms with Gasteiger partial charge in [-0.3, -0.25) is 4.98 Å². The quantitative estimate of drug-likeness (QED) is 0.738. The van der Waals surface area contributed by atoms with Gasteiger partial charge in [0.05, 0.1) is 5.56 Å². The molecule has 0 aliphatic carbocycles. The van der Waals surface area contributed by atoms with E-state index in [1.54, 1.807) is 0 Å². The Morgan fingerprint density at radius 2 is 1.73 bits per heavy atom. The average Bonchev–Trinajstić information content (AvgIpc) is 3.38. The standard InChI is InChI=1S/C21H21N5/c1-2-6-15(7-3-1)18-14-17-20(23-18)24-19(16-8-10-22-11-9-16)25-21(17)26-12-4-5-13-26/h1-3,6-11,14,19,23-24H,4-5,12-13H2. The molecule has 3 aromatic rings. The van der Waals surface area contributed by atoms with E-state index >= 15 is 0 Å². The van der Waals surface area contributed by atoms with Crippen molar-refractivity contribution in [2.75, 3.05) is 18.4 Å². The summed E-state index contributed by atoms with van der Waals surface area (Å²) in [6.07, 6.45) is 6.02. The van der Waals surface area contributed by atoms with Crippen LogP contribution in [0.4, 0.5) is 5.82 Å². The summed E-state index contributed by atoms with van der Waals surface area (Å²) in [5.41, 5.74) is 4.59. The van der Waals surface area contributed by atoms with Crippen molar-refractivity contribution in [1.82, 2.24) is 14.9 Å². The van der Waals surface area contributed by atoms with Crippen LogP contribution in [0.2, 0.25) is 0 Å². The molecule has 0 amide bonds. The van der Waals surface area contributed by atoms with E-state index in [4.69, 9.17) is 4.99 Å². The minimum absolute atomic E-state index is 0.0941. The highest BCUT2D eigenvalue weighted by molar-refractivity contribution is 6.05. The Balaban J connectivity index is 1.58. The zero-order chi connectivity index (χ0) is 17.3. The molecule has 0 bridgehead atoms. The second-order valence-electron chi connectivity index (χ2n) is 6.81. The van der Waals surface area contributed by atoms with Crippen LogP contribution < -0.4 is 5.32 Å². The van der Waals surface area contributed by atoms with Gasteiger partial charge in [0.1, 0.15) is 17.8 Å². The number of aromatic nitrogens is 2.